The zero-order valence-electron chi connectivity index (χ0n) is 21.4. The van der Waals surface area contributed by atoms with Crippen LogP contribution in [-0.4, -0.2) is 26.8 Å². The third-order valence-electron chi connectivity index (χ3n) is 7.19. The van der Waals surface area contributed by atoms with E-state index in [1.165, 1.54) is 10.6 Å². The Morgan fingerprint density at radius 1 is 1.08 bits per heavy atom. The van der Waals surface area contributed by atoms with E-state index in [9.17, 15) is 9.90 Å². The summed E-state index contributed by atoms with van der Waals surface area (Å²) in [6.45, 7) is -0.364. The van der Waals surface area contributed by atoms with Crippen molar-refractivity contribution in [1.29, 1.82) is 0 Å². The summed E-state index contributed by atoms with van der Waals surface area (Å²) in [5.74, 6) is 1.40. The molecule has 3 N–H and O–H groups in total. The molecule has 1 aliphatic rings. The molecule has 8 heteroatoms. The van der Waals surface area contributed by atoms with Crippen LogP contribution in [0.25, 0.3) is 27.7 Å². The number of hydrogen-bond donors (Lipinski definition) is 2. The van der Waals surface area contributed by atoms with Gasteiger partial charge in [-0.15, -0.1) is 0 Å². The van der Waals surface area contributed by atoms with E-state index in [0.717, 1.165) is 29.7 Å². The van der Waals surface area contributed by atoms with Crippen LogP contribution in [0, 0.1) is 5.82 Å². The molecule has 2 heterocycles. The lowest BCUT2D eigenvalue weighted by Crippen LogP contribution is -2.20. The van der Waals surface area contributed by atoms with E-state index in [2.05, 4.69) is 4.98 Å². The average Bonchev–Trinajstić information content (AvgIpc) is 3.78. The van der Waals surface area contributed by atoms with Gasteiger partial charge in [-0.2, -0.15) is 0 Å². The molecule has 0 radical (unpaired) electrons. The number of methoxy groups -OCH3 is 1. The van der Waals surface area contributed by atoms with Gasteiger partial charge in [0, 0.05) is 29.8 Å². The average molecular weight is 523 g/mol. The number of benzene rings is 3. The molecule has 3 aromatic carbocycles. The molecule has 5 aromatic rings. The van der Waals surface area contributed by atoms with Gasteiger partial charge in [-0.05, 0) is 65.6 Å². The van der Waals surface area contributed by atoms with Crippen LogP contribution in [0.1, 0.15) is 41.3 Å². The fourth-order valence-electron chi connectivity index (χ4n) is 5.06. The fourth-order valence-corrected chi connectivity index (χ4v) is 5.06. The largest absolute Gasteiger partial charge is 0.497 e. The van der Waals surface area contributed by atoms with Crippen LogP contribution in [0.15, 0.2) is 77.7 Å². The Morgan fingerprint density at radius 3 is 2.59 bits per heavy atom. The van der Waals surface area contributed by atoms with Crippen LogP contribution in [0.2, 0.25) is 0 Å². The number of nitrogen functional groups attached to an aromatic ring is 1. The summed E-state index contributed by atoms with van der Waals surface area (Å²) in [6.07, 6.45) is 4.17. The molecule has 0 aliphatic heterocycles. The summed E-state index contributed by atoms with van der Waals surface area (Å²) in [4.78, 5) is 22.6. The Kier molecular flexibility index (Phi) is 6.32. The first-order valence-corrected chi connectivity index (χ1v) is 12.8. The maximum absolute atomic E-state index is 15.1. The molecule has 1 saturated carbocycles. The van der Waals surface area contributed by atoms with Crippen molar-refractivity contribution in [2.24, 2.45) is 0 Å². The minimum absolute atomic E-state index is 0.0317. The number of halogens is 1. The van der Waals surface area contributed by atoms with Gasteiger partial charge in [0.1, 0.15) is 23.2 Å². The zero-order chi connectivity index (χ0) is 27.1. The number of aromatic nitrogens is 3. The highest BCUT2D eigenvalue weighted by Crippen LogP contribution is 2.41. The smallest absolute Gasteiger partial charge is 0.265 e. The van der Waals surface area contributed by atoms with Gasteiger partial charge in [0.2, 0.25) is 0 Å². The van der Waals surface area contributed by atoms with Crippen LogP contribution in [0.3, 0.4) is 0 Å². The predicted molar refractivity (Wildman–Crippen MR) is 149 cm³/mol. The van der Waals surface area contributed by atoms with Crippen molar-refractivity contribution in [2.75, 3.05) is 12.8 Å². The van der Waals surface area contributed by atoms with Crippen molar-refractivity contribution >= 4 is 16.6 Å². The molecule has 39 heavy (non-hydrogen) atoms. The van der Waals surface area contributed by atoms with Crippen LogP contribution in [0.4, 0.5) is 10.2 Å². The second-order valence-corrected chi connectivity index (χ2v) is 9.81. The molecular formula is C31H27FN4O3. The molecule has 0 bridgehead atoms. The molecule has 196 valence electrons. The fraction of sp³-hybridized carbons (Fsp3) is 0.194. The van der Waals surface area contributed by atoms with E-state index < -0.39 is 11.4 Å². The second-order valence-electron chi connectivity index (χ2n) is 9.81. The maximum Gasteiger partial charge on any atom is 0.265 e. The molecule has 7 nitrogen and oxygen atoms in total. The van der Waals surface area contributed by atoms with Gasteiger partial charge in [-0.1, -0.05) is 30.3 Å². The lowest BCUT2D eigenvalue weighted by molar-refractivity contribution is 0.282. The maximum atomic E-state index is 15.1. The molecule has 0 amide bonds. The molecule has 0 saturated heterocycles. The first-order valence-electron chi connectivity index (χ1n) is 12.8. The molecule has 2 aromatic heterocycles. The molecule has 1 aliphatic carbocycles. The molecule has 0 spiro atoms. The number of anilines is 1. The Hall–Kier alpha value is -4.56. The molecular weight excluding hydrogens is 495 g/mol. The van der Waals surface area contributed by atoms with Gasteiger partial charge in [-0.25, -0.2) is 14.4 Å². The number of nitrogens with two attached hydrogens (primary N) is 1. The minimum atomic E-state index is -0.526. The Balaban J connectivity index is 1.42. The number of rotatable bonds is 7. The number of aliphatic hydroxyl groups is 1. The highest BCUT2D eigenvalue weighted by Gasteiger charge is 2.25. The first kappa shape index (κ1) is 24.8. The van der Waals surface area contributed by atoms with Gasteiger partial charge < -0.3 is 15.6 Å². The topological polar surface area (TPSA) is 103 Å². The van der Waals surface area contributed by atoms with Crippen LogP contribution in [0.5, 0.6) is 5.75 Å². The van der Waals surface area contributed by atoms with E-state index in [1.807, 2.05) is 36.4 Å². The van der Waals surface area contributed by atoms with Gasteiger partial charge in [0.25, 0.3) is 5.56 Å². The number of pyridine rings is 1. The number of nitrogens with zero attached hydrogens (tertiary/aromatic N) is 3. The quantitative estimate of drug-likeness (QED) is 0.307. The highest BCUT2D eigenvalue weighted by molar-refractivity contribution is 5.83. The van der Waals surface area contributed by atoms with Gasteiger partial charge >= 0.3 is 0 Å². The van der Waals surface area contributed by atoms with Gasteiger partial charge in [0.15, 0.2) is 0 Å². The number of aliphatic hydroxyl groups excluding tert-OH is 1. The normalized spacial score (nSPS) is 13.1. The van der Waals surface area contributed by atoms with Crippen LogP contribution >= 0.6 is 0 Å². The van der Waals surface area contributed by atoms with Gasteiger partial charge in [-0.3, -0.25) is 9.36 Å². The van der Waals surface area contributed by atoms with E-state index in [1.54, 1.807) is 37.6 Å². The third-order valence-corrected chi connectivity index (χ3v) is 7.19. The summed E-state index contributed by atoms with van der Waals surface area (Å²) >= 11 is 0. The molecule has 0 unspecified atom stereocenters. The lowest BCUT2D eigenvalue weighted by atomic mass is 10.0. The van der Waals surface area contributed by atoms with E-state index in [4.69, 9.17) is 15.5 Å². The zero-order valence-corrected chi connectivity index (χ0v) is 21.4. The number of hydrogen-bond acceptors (Lipinski definition) is 6. The number of ether oxygens (including phenoxy) is 1. The van der Waals surface area contributed by atoms with Crippen LogP contribution < -0.4 is 16.0 Å². The lowest BCUT2D eigenvalue weighted by Gasteiger charge is -2.16. The molecule has 6 rings (SSSR count). The molecule has 0 atom stereocenters. The van der Waals surface area contributed by atoms with Crippen molar-refractivity contribution in [3.8, 4) is 22.7 Å². The van der Waals surface area contributed by atoms with Crippen LogP contribution in [-0.2, 0) is 13.0 Å². The monoisotopic (exact) mass is 522 g/mol. The van der Waals surface area contributed by atoms with E-state index >= 15 is 4.39 Å². The third kappa shape index (κ3) is 4.75. The summed E-state index contributed by atoms with van der Waals surface area (Å²) in [5.41, 5.74) is 9.63. The predicted octanol–water partition coefficient (Wildman–Crippen LogP) is 5.14. The summed E-state index contributed by atoms with van der Waals surface area (Å²) in [7, 11) is 1.61. The Labute approximate surface area is 224 Å². The summed E-state index contributed by atoms with van der Waals surface area (Å²) in [5, 5.41) is 11.0. The van der Waals surface area contributed by atoms with Crippen molar-refractivity contribution in [3.63, 3.8) is 0 Å². The summed E-state index contributed by atoms with van der Waals surface area (Å²) in [6, 6.07) is 19.7. The van der Waals surface area contributed by atoms with Gasteiger partial charge in [0.05, 0.1) is 30.5 Å². The minimum Gasteiger partial charge on any atom is -0.497 e. The standard InChI is InChI=1S/C31H27FN4O3/c1-39-22-9-5-18(6-10-22)13-29-34-26(16-28(33)35-29)23-3-2-4-27(24(23)17-37)36-12-11-20-14-21(19-7-8-19)15-25(32)30(20)31(36)38/h2-6,9-12,14-16,19,37H,7-8,13,17H2,1H3,(H2,33,34,35). The van der Waals surface area contributed by atoms with Crippen molar-refractivity contribution in [2.45, 2.75) is 31.8 Å². The second kappa shape index (κ2) is 9.96. The molecule has 1 fully saturated rings. The SMILES string of the molecule is COc1ccc(Cc2nc(N)cc(-c3cccc(-n4ccc5cc(C6CC6)cc(F)c5c4=O)c3CO)n2)cc1. The number of fused-ring (bicyclic) bond motifs is 1. The first-order chi connectivity index (χ1) is 18.9. The highest BCUT2D eigenvalue weighted by atomic mass is 19.1. The van der Waals surface area contributed by atoms with Crippen molar-refractivity contribution < 1.29 is 14.2 Å². The van der Waals surface area contributed by atoms with Crippen molar-refractivity contribution in [3.05, 3.63) is 112 Å². The summed E-state index contributed by atoms with van der Waals surface area (Å²) < 4.78 is 21.7. The Bertz CT molecular complexity index is 1760. The van der Waals surface area contributed by atoms with E-state index in [0.29, 0.717) is 46.1 Å². The van der Waals surface area contributed by atoms with E-state index in [-0.39, 0.29) is 17.8 Å². The van der Waals surface area contributed by atoms with Crippen molar-refractivity contribution in [1.82, 2.24) is 14.5 Å². The Morgan fingerprint density at radius 2 is 1.87 bits per heavy atom.